The van der Waals surface area contributed by atoms with Crippen LogP contribution in [0.1, 0.15) is 42.6 Å². The molecule has 2 N–H and O–H groups in total. The van der Waals surface area contributed by atoms with E-state index < -0.39 is 0 Å². The topological polar surface area (TPSA) is 66.9 Å². The van der Waals surface area contributed by atoms with Crippen LogP contribution >= 0.6 is 0 Å². The SMILES string of the molecule is Cc1nc(Nc2ccc(C(C)(C)C)cc2)cc(C(=O)Nc2ccccc2)n1. The van der Waals surface area contributed by atoms with Crippen LogP contribution in [0.25, 0.3) is 0 Å². The molecule has 0 spiro atoms. The number of carbonyl (C=O) groups excluding carboxylic acids is 1. The van der Waals surface area contributed by atoms with Crippen LogP contribution in [0, 0.1) is 6.92 Å². The van der Waals surface area contributed by atoms with Gasteiger partial charge in [0.25, 0.3) is 5.91 Å². The van der Waals surface area contributed by atoms with E-state index in [0.717, 1.165) is 11.4 Å². The summed E-state index contributed by atoms with van der Waals surface area (Å²) in [4.78, 5) is 21.1. The first-order valence-corrected chi connectivity index (χ1v) is 8.91. The predicted molar refractivity (Wildman–Crippen MR) is 110 cm³/mol. The predicted octanol–water partition coefficient (Wildman–Crippen LogP) is 5.08. The maximum absolute atomic E-state index is 12.5. The van der Waals surface area contributed by atoms with Gasteiger partial charge in [-0.1, -0.05) is 51.1 Å². The normalized spacial score (nSPS) is 11.1. The van der Waals surface area contributed by atoms with Crippen molar-refractivity contribution >= 4 is 23.1 Å². The zero-order valence-corrected chi connectivity index (χ0v) is 16.1. The van der Waals surface area contributed by atoms with Gasteiger partial charge >= 0.3 is 0 Å². The van der Waals surface area contributed by atoms with Gasteiger partial charge in [0.2, 0.25) is 0 Å². The van der Waals surface area contributed by atoms with Gasteiger partial charge < -0.3 is 10.6 Å². The molecule has 0 bridgehead atoms. The second kappa shape index (κ2) is 7.58. The van der Waals surface area contributed by atoms with Crippen LogP contribution in [0.15, 0.2) is 60.7 Å². The maximum Gasteiger partial charge on any atom is 0.274 e. The average molecular weight is 360 g/mol. The molecule has 0 atom stereocenters. The number of rotatable bonds is 4. The highest BCUT2D eigenvalue weighted by Crippen LogP contribution is 2.24. The molecule has 0 saturated carbocycles. The molecule has 0 unspecified atom stereocenters. The van der Waals surface area contributed by atoms with Crippen LogP contribution in [-0.4, -0.2) is 15.9 Å². The van der Waals surface area contributed by atoms with Gasteiger partial charge in [0.15, 0.2) is 0 Å². The number of anilines is 3. The van der Waals surface area contributed by atoms with Gasteiger partial charge in [-0.05, 0) is 42.2 Å². The van der Waals surface area contributed by atoms with Crippen LogP contribution < -0.4 is 10.6 Å². The molecule has 0 aliphatic heterocycles. The van der Waals surface area contributed by atoms with Crippen LogP contribution in [-0.2, 0) is 5.41 Å². The Morgan fingerprint density at radius 2 is 1.56 bits per heavy atom. The van der Waals surface area contributed by atoms with E-state index in [9.17, 15) is 4.79 Å². The van der Waals surface area contributed by atoms with Crippen molar-refractivity contribution in [2.24, 2.45) is 0 Å². The molecule has 0 radical (unpaired) electrons. The minimum atomic E-state index is -0.266. The first kappa shape index (κ1) is 18.6. The Morgan fingerprint density at radius 1 is 0.889 bits per heavy atom. The fourth-order valence-electron chi connectivity index (χ4n) is 2.67. The number of carbonyl (C=O) groups is 1. The number of para-hydroxylation sites is 1. The van der Waals surface area contributed by atoms with Crippen molar-refractivity contribution in [2.45, 2.75) is 33.1 Å². The number of hydrogen-bond donors (Lipinski definition) is 2. The summed E-state index contributed by atoms with van der Waals surface area (Å²) in [6, 6.07) is 19.2. The number of aryl methyl sites for hydroxylation is 1. The fraction of sp³-hybridized carbons (Fsp3) is 0.227. The fourth-order valence-corrected chi connectivity index (χ4v) is 2.67. The summed E-state index contributed by atoms with van der Waals surface area (Å²) in [5.41, 5.74) is 3.32. The highest BCUT2D eigenvalue weighted by atomic mass is 16.1. The lowest BCUT2D eigenvalue weighted by Crippen LogP contribution is -2.15. The van der Waals surface area contributed by atoms with Gasteiger partial charge in [-0.3, -0.25) is 4.79 Å². The van der Waals surface area contributed by atoms with Crippen molar-refractivity contribution in [3.05, 3.63) is 77.7 Å². The van der Waals surface area contributed by atoms with E-state index in [1.165, 1.54) is 5.56 Å². The second-order valence-corrected chi connectivity index (χ2v) is 7.46. The van der Waals surface area contributed by atoms with Crippen LogP contribution in [0.2, 0.25) is 0 Å². The van der Waals surface area contributed by atoms with Gasteiger partial charge in [-0.15, -0.1) is 0 Å². The molecule has 3 aromatic rings. The molecule has 5 heteroatoms. The lowest BCUT2D eigenvalue weighted by molar-refractivity contribution is 0.102. The number of amides is 1. The van der Waals surface area contributed by atoms with Crippen molar-refractivity contribution in [3.8, 4) is 0 Å². The maximum atomic E-state index is 12.5. The smallest absolute Gasteiger partial charge is 0.274 e. The van der Waals surface area contributed by atoms with Crippen molar-refractivity contribution in [1.82, 2.24) is 9.97 Å². The molecule has 2 aromatic carbocycles. The van der Waals surface area contributed by atoms with E-state index in [1.807, 2.05) is 42.5 Å². The van der Waals surface area contributed by atoms with Gasteiger partial charge in [-0.25, -0.2) is 9.97 Å². The molecule has 5 nitrogen and oxygen atoms in total. The van der Waals surface area contributed by atoms with Crippen LogP contribution in [0.4, 0.5) is 17.2 Å². The summed E-state index contributed by atoms with van der Waals surface area (Å²) in [5.74, 6) is 0.853. The Kier molecular flexibility index (Phi) is 5.21. The van der Waals surface area contributed by atoms with Crippen molar-refractivity contribution in [1.29, 1.82) is 0 Å². The van der Waals surface area contributed by atoms with Gasteiger partial charge in [0.1, 0.15) is 17.3 Å². The summed E-state index contributed by atoms with van der Waals surface area (Å²) in [7, 11) is 0. The summed E-state index contributed by atoms with van der Waals surface area (Å²) in [6.45, 7) is 8.32. The third-order valence-electron chi connectivity index (χ3n) is 4.13. The van der Waals surface area contributed by atoms with Gasteiger partial charge in [-0.2, -0.15) is 0 Å². The summed E-state index contributed by atoms with van der Waals surface area (Å²) < 4.78 is 0. The quantitative estimate of drug-likeness (QED) is 0.681. The standard InChI is InChI=1S/C22H24N4O/c1-15-23-19(21(27)26-17-8-6-5-7-9-17)14-20(24-15)25-18-12-10-16(11-13-18)22(2,3)4/h5-14H,1-4H3,(H,26,27)(H,23,24,25). The zero-order chi connectivity index (χ0) is 19.4. The third kappa shape index (κ3) is 4.91. The first-order valence-electron chi connectivity index (χ1n) is 8.91. The Balaban J connectivity index is 1.78. The highest BCUT2D eigenvalue weighted by Gasteiger charge is 2.14. The number of aromatic nitrogens is 2. The number of benzene rings is 2. The Labute approximate surface area is 159 Å². The molecule has 0 fully saturated rings. The molecule has 138 valence electrons. The summed E-state index contributed by atoms with van der Waals surface area (Å²) in [5, 5.41) is 6.10. The van der Waals surface area contributed by atoms with E-state index in [2.05, 4.69) is 53.5 Å². The molecular weight excluding hydrogens is 336 g/mol. The molecule has 3 rings (SSSR count). The minimum Gasteiger partial charge on any atom is -0.340 e. The second-order valence-electron chi connectivity index (χ2n) is 7.46. The number of nitrogens with one attached hydrogen (secondary N) is 2. The molecule has 1 aromatic heterocycles. The summed E-state index contributed by atoms with van der Waals surface area (Å²) >= 11 is 0. The van der Waals surface area contributed by atoms with Crippen LogP contribution in [0.3, 0.4) is 0 Å². The third-order valence-corrected chi connectivity index (χ3v) is 4.13. The molecule has 1 amide bonds. The number of nitrogens with zero attached hydrogens (tertiary/aromatic N) is 2. The van der Waals surface area contributed by atoms with Gasteiger partial charge in [0, 0.05) is 17.4 Å². The van der Waals surface area contributed by atoms with Crippen LogP contribution in [0.5, 0.6) is 0 Å². The molecular formula is C22H24N4O. The van der Waals surface area contributed by atoms with E-state index in [-0.39, 0.29) is 11.3 Å². The van der Waals surface area contributed by atoms with Gasteiger partial charge in [0.05, 0.1) is 0 Å². The number of hydrogen-bond acceptors (Lipinski definition) is 4. The van der Waals surface area contributed by atoms with Crippen molar-refractivity contribution in [2.75, 3.05) is 10.6 Å². The lowest BCUT2D eigenvalue weighted by Gasteiger charge is -2.19. The molecule has 0 saturated heterocycles. The first-order chi connectivity index (χ1) is 12.8. The zero-order valence-electron chi connectivity index (χ0n) is 16.1. The highest BCUT2D eigenvalue weighted by molar-refractivity contribution is 6.03. The minimum absolute atomic E-state index is 0.104. The Morgan fingerprint density at radius 3 is 2.19 bits per heavy atom. The largest absolute Gasteiger partial charge is 0.340 e. The van der Waals surface area contributed by atoms with Crippen molar-refractivity contribution < 1.29 is 4.79 Å². The lowest BCUT2D eigenvalue weighted by atomic mass is 9.87. The average Bonchev–Trinajstić information content (AvgIpc) is 2.62. The summed E-state index contributed by atoms with van der Waals surface area (Å²) in [6.07, 6.45) is 0. The molecule has 0 aliphatic carbocycles. The van der Waals surface area contributed by atoms with E-state index in [1.54, 1.807) is 13.0 Å². The van der Waals surface area contributed by atoms with E-state index in [0.29, 0.717) is 17.3 Å². The van der Waals surface area contributed by atoms with Crippen molar-refractivity contribution in [3.63, 3.8) is 0 Å². The van der Waals surface area contributed by atoms with E-state index in [4.69, 9.17) is 0 Å². The molecule has 1 heterocycles. The Hall–Kier alpha value is -3.21. The molecule has 0 aliphatic rings. The molecule has 27 heavy (non-hydrogen) atoms. The monoisotopic (exact) mass is 360 g/mol. The Bertz CT molecular complexity index is 929. The van der Waals surface area contributed by atoms with E-state index >= 15 is 0 Å².